The summed E-state index contributed by atoms with van der Waals surface area (Å²) in [5.74, 6) is -1.89. The van der Waals surface area contributed by atoms with Crippen LogP contribution in [0.25, 0.3) is 0 Å². The Balaban J connectivity index is 0.758. The summed E-state index contributed by atoms with van der Waals surface area (Å²) < 4.78 is 36.6. The fourth-order valence-electron chi connectivity index (χ4n) is 11.4. The van der Waals surface area contributed by atoms with Crippen LogP contribution in [0.4, 0.5) is 25.8 Å². The van der Waals surface area contributed by atoms with Gasteiger partial charge in [0.15, 0.2) is 11.6 Å². The van der Waals surface area contributed by atoms with Crippen molar-refractivity contribution in [1.82, 2.24) is 20.0 Å². The molecule has 6 heterocycles. The van der Waals surface area contributed by atoms with Crippen LogP contribution in [-0.2, 0) is 20.9 Å². The second-order valence-electron chi connectivity index (χ2n) is 18.3. The quantitative estimate of drug-likeness (QED) is 0.179. The van der Waals surface area contributed by atoms with Gasteiger partial charge in [-0.3, -0.25) is 34.3 Å². The number of nitrogens with one attached hydrogen (secondary N) is 1. The summed E-state index contributed by atoms with van der Waals surface area (Å²) in [5, 5.41) is 13.0. The van der Waals surface area contributed by atoms with E-state index >= 15 is 4.39 Å². The van der Waals surface area contributed by atoms with Gasteiger partial charge in [-0.15, -0.1) is 0 Å². The van der Waals surface area contributed by atoms with Crippen molar-refractivity contribution in [3.05, 3.63) is 76.9 Å². The van der Waals surface area contributed by atoms with Crippen molar-refractivity contribution in [2.24, 2.45) is 11.3 Å². The Labute approximate surface area is 367 Å². The topological polar surface area (TPSA) is 129 Å². The van der Waals surface area contributed by atoms with Crippen molar-refractivity contribution in [2.75, 3.05) is 80.7 Å². The number of benzene rings is 3. The van der Waals surface area contributed by atoms with E-state index in [1.807, 2.05) is 26.0 Å². The van der Waals surface area contributed by atoms with Gasteiger partial charge < -0.3 is 29.4 Å². The van der Waals surface area contributed by atoms with Crippen LogP contribution in [0, 0.1) is 23.0 Å². The van der Waals surface area contributed by atoms with Gasteiger partial charge in [-0.25, -0.2) is 8.78 Å². The number of methoxy groups -OCH3 is 1. The minimum absolute atomic E-state index is 0.0651. The molecule has 9 rings (SSSR count). The van der Waals surface area contributed by atoms with Crippen molar-refractivity contribution >= 4 is 40.7 Å². The summed E-state index contributed by atoms with van der Waals surface area (Å²) in [5.41, 5.74) is 2.88. The monoisotopic (exact) mass is 867 g/mol. The molecule has 6 aliphatic rings. The van der Waals surface area contributed by atoms with Gasteiger partial charge in [0.05, 0.1) is 29.9 Å². The first-order valence-corrected chi connectivity index (χ1v) is 22.9. The van der Waals surface area contributed by atoms with Gasteiger partial charge in [0.2, 0.25) is 17.7 Å². The third kappa shape index (κ3) is 7.68. The van der Waals surface area contributed by atoms with Gasteiger partial charge in [-0.1, -0.05) is 19.9 Å². The second-order valence-corrected chi connectivity index (χ2v) is 18.3. The summed E-state index contributed by atoms with van der Waals surface area (Å²) in [4.78, 5) is 63.8. The van der Waals surface area contributed by atoms with Gasteiger partial charge in [-0.05, 0) is 92.8 Å². The average molecular weight is 868 g/mol. The number of ether oxygens (including phenoxy) is 1. The van der Waals surface area contributed by atoms with Crippen LogP contribution in [0.1, 0.15) is 92.7 Å². The van der Waals surface area contributed by atoms with Crippen molar-refractivity contribution in [2.45, 2.75) is 89.9 Å². The van der Waals surface area contributed by atoms with E-state index in [-0.39, 0.29) is 29.8 Å². The van der Waals surface area contributed by atoms with Crippen molar-refractivity contribution in [3.8, 4) is 11.5 Å². The van der Waals surface area contributed by atoms with Crippen molar-refractivity contribution in [1.29, 1.82) is 0 Å². The summed E-state index contributed by atoms with van der Waals surface area (Å²) in [6.07, 6.45) is 5.64. The molecule has 0 unspecified atom stereocenters. The van der Waals surface area contributed by atoms with Gasteiger partial charge in [0, 0.05) is 101 Å². The number of aromatic hydroxyl groups is 1. The zero-order valence-electron chi connectivity index (χ0n) is 36.6. The zero-order valence-corrected chi connectivity index (χ0v) is 36.6. The lowest BCUT2D eigenvalue weighted by molar-refractivity contribution is -0.141. The van der Waals surface area contributed by atoms with Crippen LogP contribution in [0.2, 0.25) is 0 Å². The van der Waals surface area contributed by atoms with Gasteiger partial charge in [0.25, 0.3) is 5.91 Å². The Bertz CT molecular complexity index is 2260. The van der Waals surface area contributed by atoms with E-state index in [1.165, 1.54) is 23.1 Å². The molecule has 63 heavy (non-hydrogen) atoms. The molecule has 5 saturated heterocycles. The van der Waals surface area contributed by atoms with Crippen LogP contribution in [0.3, 0.4) is 0 Å². The van der Waals surface area contributed by atoms with Gasteiger partial charge in [-0.2, -0.15) is 0 Å². The van der Waals surface area contributed by atoms with E-state index in [0.29, 0.717) is 60.3 Å². The van der Waals surface area contributed by atoms with E-state index < -0.39 is 40.8 Å². The number of β-lactam (4-membered cyclic amide) rings is 1. The predicted molar refractivity (Wildman–Crippen MR) is 235 cm³/mol. The highest BCUT2D eigenvalue weighted by molar-refractivity contribution is 6.08. The zero-order chi connectivity index (χ0) is 44.2. The van der Waals surface area contributed by atoms with E-state index in [2.05, 4.69) is 31.0 Å². The Hall–Kier alpha value is -5.28. The lowest BCUT2D eigenvalue weighted by atomic mass is 9.64. The smallest absolute Gasteiger partial charge is 0.255 e. The third-order valence-corrected chi connectivity index (χ3v) is 15.2. The normalized spacial score (nSPS) is 23.9. The molecule has 13 nitrogen and oxygen atoms in total. The van der Waals surface area contributed by atoms with Crippen LogP contribution >= 0.6 is 0 Å². The highest BCUT2D eigenvalue weighted by atomic mass is 19.1. The molecule has 0 saturated carbocycles. The van der Waals surface area contributed by atoms with Gasteiger partial charge >= 0.3 is 0 Å². The number of phenolic OH excluding ortho intramolecular Hbond substituents is 1. The van der Waals surface area contributed by atoms with E-state index in [1.54, 1.807) is 18.1 Å². The molecule has 336 valence electrons. The predicted octanol–water partition coefficient (Wildman–Crippen LogP) is 5.84. The number of nitrogens with zero attached hydrogens (tertiary/aromatic N) is 6. The second kappa shape index (κ2) is 17.4. The third-order valence-electron chi connectivity index (χ3n) is 15.2. The largest absolute Gasteiger partial charge is 0.503 e. The van der Waals surface area contributed by atoms with E-state index in [4.69, 9.17) is 4.74 Å². The average Bonchev–Trinajstić information content (AvgIpc) is 3.62. The number of halogens is 2. The van der Waals surface area contributed by atoms with Crippen molar-refractivity contribution < 1.29 is 37.8 Å². The minimum atomic E-state index is -0.844. The fourth-order valence-corrected chi connectivity index (χ4v) is 11.4. The SMILES string of the molecule is CCC1(CC)C(=O)N(c2cccc(F)c2O)[C@H]1c1cc(F)c(N2CCC(CN3CCN(C4CCN(c5ccc6c(c5)CN([C@H]5CCC(=O)NC5=O)C6=O)CC4)CC3)CC2)cc1OC. The lowest BCUT2D eigenvalue weighted by Gasteiger charge is -2.56. The molecule has 6 aliphatic heterocycles. The van der Waals surface area contributed by atoms with E-state index in [9.17, 15) is 28.7 Å². The number of carbonyl (C=O) groups excluding carboxylic acids is 4. The number of anilines is 3. The molecule has 0 aromatic heterocycles. The van der Waals surface area contributed by atoms with Crippen LogP contribution < -0.4 is 24.8 Å². The summed E-state index contributed by atoms with van der Waals surface area (Å²) >= 11 is 0. The number of fused-ring (bicyclic) bond motifs is 1. The number of piperazine rings is 1. The first kappa shape index (κ1) is 43.0. The van der Waals surface area contributed by atoms with Crippen LogP contribution in [0.15, 0.2) is 48.5 Å². The number of hydrogen-bond donors (Lipinski definition) is 2. The fraction of sp³-hybridized carbons (Fsp3) is 0.542. The maximum absolute atomic E-state index is 16.3. The number of rotatable bonds is 11. The maximum atomic E-state index is 16.3. The highest BCUT2D eigenvalue weighted by Crippen LogP contribution is 2.59. The Morgan fingerprint density at radius 3 is 2.21 bits per heavy atom. The highest BCUT2D eigenvalue weighted by Gasteiger charge is 2.61. The number of para-hydroxylation sites is 1. The molecule has 5 fully saturated rings. The number of carbonyl (C=O) groups is 4. The number of imide groups is 1. The van der Waals surface area contributed by atoms with Crippen molar-refractivity contribution in [3.63, 3.8) is 0 Å². The summed E-state index contributed by atoms with van der Waals surface area (Å²) in [7, 11) is 1.54. The molecule has 0 aliphatic carbocycles. The molecular formula is C48H59F2N7O6. The van der Waals surface area contributed by atoms with Crippen LogP contribution in [-0.4, -0.2) is 122 Å². The number of phenols is 1. The molecule has 4 amide bonds. The Morgan fingerprint density at radius 1 is 0.810 bits per heavy atom. The molecule has 3 aromatic rings. The standard InChI is InChI=1S/C48H59F2N7O6/c1-4-48(5-2)44(57(47(48)62)38-8-6-7-36(49)43(38)59)35-26-37(50)40(27-41(35)63-3)55-17-13-30(14-18-55)28-52-21-23-54(24-22-52)32-15-19-53(20-16-32)33-9-10-34-31(25-33)29-56(46(34)61)39-11-12-42(58)51-45(39)60/h6-10,25-27,30,32,39,44,59H,4-5,11-24,28-29H2,1-3H3,(H,51,58,60)/t39-,44-/m0/s1. The maximum Gasteiger partial charge on any atom is 0.255 e. The Kier molecular flexibility index (Phi) is 11.8. The summed E-state index contributed by atoms with van der Waals surface area (Å²) in [6.45, 7) is 12.7. The molecule has 0 bridgehead atoms. The minimum Gasteiger partial charge on any atom is -0.503 e. The van der Waals surface area contributed by atoms with E-state index in [0.717, 1.165) is 102 Å². The lowest BCUT2D eigenvalue weighted by Crippen LogP contribution is -2.63. The molecule has 0 radical (unpaired) electrons. The molecule has 15 heteroatoms. The molecule has 0 spiro atoms. The molecular weight excluding hydrogens is 809 g/mol. The number of amides is 4. The Morgan fingerprint density at radius 2 is 1.52 bits per heavy atom. The number of hydrogen-bond acceptors (Lipinski definition) is 10. The molecule has 3 aromatic carbocycles. The van der Waals surface area contributed by atoms with Crippen LogP contribution in [0.5, 0.6) is 11.5 Å². The molecule has 2 N–H and O–H groups in total. The first-order valence-electron chi connectivity index (χ1n) is 22.9. The first-order chi connectivity index (χ1) is 30.4. The number of piperidine rings is 3. The summed E-state index contributed by atoms with van der Waals surface area (Å²) in [6, 6.07) is 12.6. The van der Waals surface area contributed by atoms with Gasteiger partial charge in [0.1, 0.15) is 17.6 Å². The molecule has 2 atom stereocenters.